The summed E-state index contributed by atoms with van der Waals surface area (Å²) >= 11 is 5.98. The van der Waals surface area contributed by atoms with Gasteiger partial charge in [0.05, 0.1) is 11.7 Å². The summed E-state index contributed by atoms with van der Waals surface area (Å²) in [5, 5.41) is 4.98. The van der Waals surface area contributed by atoms with Crippen LogP contribution in [0.2, 0.25) is 5.02 Å². The first-order valence-corrected chi connectivity index (χ1v) is 4.16. The largest absolute Gasteiger partial charge is 0.241 e. The van der Waals surface area contributed by atoms with E-state index >= 15 is 0 Å². The molecule has 0 aliphatic heterocycles. The highest BCUT2D eigenvalue weighted by atomic mass is 35.5. The molecule has 2 rings (SSSR count). The molecule has 0 unspecified atom stereocenters. The molecule has 0 atom stereocenters. The SMILES string of the molecule is Bc1cn2ncc(C)c2cc1Cl. The van der Waals surface area contributed by atoms with Crippen LogP contribution in [0.1, 0.15) is 5.56 Å². The van der Waals surface area contributed by atoms with Crippen molar-refractivity contribution in [2.24, 2.45) is 0 Å². The molecule has 0 aliphatic carbocycles. The molecule has 2 aromatic rings. The Morgan fingerprint density at radius 3 is 3.08 bits per heavy atom. The van der Waals surface area contributed by atoms with Gasteiger partial charge in [0.1, 0.15) is 7.85 Å². The Labute approximate surface area is 76.6 Å². The Bertz CT molecular complexity index is 436. The molecule has 0 amide bonds. The van der Waals surface area contributed by atoms with E-state index in [4.69, 9.17) is 11.6 Å². The van der Waals surface area contributed by atoms with Gasteiger partial charge >= 0.3 is 0 Å². The summed E-state index contributed by atoms with van der Waals surface area (Å²) in [6.07, 6.45) is 3.77. The van der Waals surface area contributed by atoms with E-state index < -0.39 is 0 Å². The first kappa shape index (κ1) is 7.68. The van der Waals surface area contributed by atoms with Crippen molar-refractivity contribution in [1.82, 2.24) is 9.61 Å². The van der Waals surface area contributed by atoms with Crippen molar-refractivity contribution in [2.75, 3.05) is 0 Å². The van der Waals surface area contributed by atoms with E-state index in [-0.39, 0.29) is 0 Å². The Morgan fingerprint density at radius 1 is 1.58 bits per heavy atom. The summed E-state index contributed by atoms with van der Waals surface area (Å²) < 4.78 is 1.84. The predicted molar refractivity (Wildman–Crippen MR) is 53.1 cm³/mol. The molecule has 0 bridgehead atoms. The molecule has 0 saturated heterocycles. The van der Waals surface area contributed by atoms with Crippen molar-refractivity contribution in [3.05, 3.63) is 29.0 Å². The quantitative estimate of drug-likeness (QED) is 0.539. The molecular weight excluding hydrogens is 170 g/mol. The lowest BCUT2D eigenvalue weighted by atomic mass is 9.98. The maximum Gasteiger partial charge on any atom is 0.143 e. The van der Waals surface area contributed by atoms with Gasteiger partial charge in [-0.1, -0.05) is 17.1 Å². The van der Waals surface area contributed by atoms with Gasteiger partial charge < -0.3 is 0 Å². The van der Waals surface area contributed by atoms with E-state index in [9.17, 15) is 0 Å². The van der Waals surface area contributed by atoms with Crippen LogP contribution in [0.25, 0.3) is 5.52 Å². The lowest BCUT2D eigenvalue weighted by Gasteiger charge is -1.99. The van der Waals surface area contributed by atoms with Crippen molar-refractivity contribution in [2.45, 2.75) is 6.92 Å². The fourth-order valence-electron chi connectivity index (χ4n) is 1.22. The van der Waals surface area contributed by atoms with Gasteiger partial charge in [-0.25, -0.2) is 4.52 Å². The first-order chi connectivity index (χ1) is 5.68. The van der Waals surface area contributed by atoms with E-state index in [0.717, 1.165) is 21.6 Å². The summed E-state index contributed by atoms with van der Waals surface area (Å²) in [5.41, 5.74) is 3.27. The fourth-order valence-corrected chi connectivity index (χ4v) is 1.37. The number of pyridine rings is 1. The summed E-state index contributed by atoms with van der Waals surface area (Å²) in [6.45, 7) is 2.02. The molecule has 4 heteroatoms. The van der Waals surface area contributed by atoms with Crippen LogP contribution in [0, 0.1) is 6.92 Å². The Kier molecular flexibility index (Phi) is 1.62. The number of nitrogens with zero attached hydrogens (tertiary/aromatic N) is 2. The Hall–Kier alpha value is -0.955. The minimum absolute atomic E-state index is 0.797. The molecule has 2 nitrogen and oxygen atoms in total. The number of aromatic nitrogens is 2. The van der Waals surface area contributed by atoms with Gasteiger partial charge in [-0.3, -0.25) is 0 Å². The number of rotatable bonds is 0. The third-order valence-electron chi connectivity index (χ3n) is 1.98. The summed E-state index contributed by atoms with van der Waals surface area (Å²) in [6, 6.07) is 1.94. The van der Waals surface area contributed by atoms with Gasteiger partial charge in [-0.2, -0.15) is 5.10 Å². The van der Waals surface area contributed by atoms with Crippen LogP contribution >= 0.6 is 11.6 Å². The zero-order valence-corrected chi connectivity index (χ0v) is 7.76. The van der Waals surface area contributed by atoms with E-state index in [1.807, 2.05) is 37.7 Å². The average molecular weight is 178 g/mol. The summed E-state index contributed by atoms with van der Waals surface area (Å²) in [5.74, 6) is 0. The fraction of sp³-hybridized carbons (Fsp3) is 0.125. The van der Waals surface area contributed by atoms with Crippen molar-refractivity contribution >= 4 is 30.4 Å². The molecule has 60 valence electrons. The number of hydrogen-bond donors (Lipinski definition) is 0. The third-order valence-corrected chi connectivity index (χ3v) is 2.39. The van der Waals surface area contributed by atoms with Crippen LogP contribution in [0.5, 0.6) is 0 Å². The predicted octanol–water partition coefficient (Wildman–Crippen LogP) is 0.555. The molecular formula is C8H8BClN2. The maximum atomic E-state index is 5.98. The summed E-state index contributed by atoms with van der Waals surface area (Å²) in [4.78, 5) is 0. The van der Waals surface area contributed by atoms with Gasteiger partial charge in [-0.15, -0.1) is 0 Å². The van der Waals surface area contributed by atoms with Crippen LogP contribution in [0.4, 0.5) is 0 Å². The van der Waals surface area contributed by atoms with Gasteiger partial charge in [-0.05, 0) is 18.6 Å². The maximum absolute atomic E-state index is 5.98. The van der Waals surface area contributed by atoms with Gasteiger partial charge in [0.25, 0.3) is 0 Å². The molecule has 0 aliphatic rings. The molecule has 0 N–H and O–H groups in total. The van der Waals surface area contributed by atoms with Crippen molar-refractivity contribution in [1.29, 1.82) is 0 Å². The molecule has 0 saturated carbocycles. The minimum Gasteiger partial charge on any atom is -0.241 e. The van der Waals surface area contributed by atoms with Crippen LogP contribution in [-0.4, -0.2) is 17.5 Å². The summed E-state index contributed by atoms with van der Waals surface area (Å²) in [7, 11) is 1.97. The smallest absolute Gasteiger partial charge is 0.143 e. The average Bonchev–Trinajstić information content (AvgIpc) is 2.35. The normalized spacial score (nSPS) is 10.8. The molecule has 2 aromatic heterocycles. The van der Waals surface area contributed by atoms with Crippen LogP contribution in [0.3, 0.4) is 0 Å². The van der Waals surface area contributed by atoms with Crippen LogP contribution in [-0.2, 0) is 0 Å². The Balaban J connectivity index is 2.87. The van der Waals surface area contributed by atoms with Gasteiger partial charge in [0.2, 0.25) is 0 Å². The van der Waals surface area contributed by atoms with Crippen LogP contribution < -0.4 is 5.46 Å². The molecule has 0 aromatic carbocycles. The number of halogens is 1. The van der Waals surface area contributed by atoms with Gasteiger partial charge in [0.15, 0.2) is 0 Å². The number of aryl methyl sites for hydroxylation is 1. The van der Waals surface area contributed by atoms with E-state index in [1.54, 1.807) is 0 Å². The zero-order chi connectivity index (χ0) is 8.72. The van der Waals surface area contributed by atoms with E-state index in [0.29, 0.717) is 0 Å². The van der Waals surface area contributed by atoms with Crippen molar-refractivity contribution in [3.8, 4) is 0 Å². The third kappa shape index (κ3) is 1.01. The highest BCUT2D eigenvalue weighted by Crippen LogP contribution is 2.12. The number of fused-ring (bicyclic) bond motifs is 1. The lowest BCUT2D eigenvalue weighted by Crippen LogP contribution is -2.07. The van der Waals surface area contributed by atoms with Gasteiger partial charge in [0, 0.05) is 11.2 Å². The first-order valence-electron chi connectivity index (χ1n) is 3.78. The zero-order valence-electron chi connectivity index (χ0n) is 7.00. The standard InChI is InChI=1S/C8H8BClN2/c1-5-3-11-12-4-6(9)7(10)2-8(5)12/h2-4H,9H2,1H3. The lowest BCUT2D eigenvalue weighted by molar-refractivity contribution is 0.967. The molecule has 12 heavy (non-hydrogen) atoms. The highest BCUT2D eigenvalue weighted by Gasteiger charge is 2.01. The highest BCUT2D eigenvalue weighted by molar-refractivity contribution is 6.45. The molecule has 0 radical (unpaired) electrons. The second kappa shape index (κ2) is 2.52. The minimum atomic E-state index is 0.797. The van der Waals surface area contributed by atoms with Crippen LogP contribution in [0.15, 0.2) is 18.5 Å². The molecule has 0 spiro atoms. The number of hydrogen-bond acceptors (Lipinski definition) is 1. The van der Waals surface area contributed by atoms with Crippen molar-refractivity contribution < 1.29 is 0 Å². The molecule has 2 heterocycles. The topological polar surface area (TPSA) is 17.3 Å². The van der Waals surface area contributed by atoms with E-state index in [1.165, 1.54) is 0 Å². The second-order valence-corrected chi connectivity index (χ2v) is 3.37. The van der Waals surface area contributed by atoms with Crippen molar-refractivity contribution in [3.63, 3.8) is 0 Å². The monoisotopic (exact) mass is 178 g/mol. The van der Waals surface area contributed by atoms with E-state index in [2.05, 4.69) is 5.10 Å². The second-order valence-electron chi connectivity index (χ2n) is 2.96. The Morgan fingerprint density at radius 2 is 2.33 bits per heavy atom. The molecule has 0 fully saturated rings.